The van der Waals surface area contributed by atoms with Crippen LogP contribution in [0, 0.1) is 11.8 Å². The summed E-state index contributed by atoms with van der Waals surface area (Å²) in [6, 6.07) is 0. The minimum atomic E-state index is -0.427. The molecule has 1 N–H and O–H groups in total. The predicted octanol–water partition coefficient (Wildman–Crippen LogP) is 2.04. The van der Waals surface area contributed by atoms with Crippen LogP contribution >= 0.6 is 0 Å². The molecule has 0 aliphatic heterocycles. The molecule has 2 unspecified atom stereocenters. The molecule has 0 bridgehead atoms. The van der Waals surface area contributed by atoms with E-state index in [9.17, 15) is 4.79 Å². The van der Waals surface area contributed by atoms with Crippen LogP contribution < -0.4 is 5.32 Å². The van der Waals surface area contributed by atoms with Crippen molar-refractivity contribution in [2.24, 2.45) is 11.8 Å². The smallest absolute Gasteiger partial charge is 0.326 e. The highest BCUT2D eigenvalue weighted by molar-refractivity contribution is 5.81. The third-order valence-electron chi connectivity index (χ3n) is 4.99. The van der Waals surface area contributed by atoms with Crippen LogP contribution in [0.5, 0.6) is 0 Å². The Kier molecular flexibility index (Phi) is 5.44. The number of carbonyl (C=O) groups excluding carboxylic acids is 1. The van der Waals surface area contributed by atoms with E-state index < -0.39 is 5.54 Å². The van der Waals surface area contributed by atoms with Crippen LogP contribution in [0.2, 0.25) is 0 Å². The van der Waals surface area contributed by atoms with E-state index >= 15 is 0 Å². The molecule has 2 atom stereocenters. The molecule has 4 heteroatoms. The third kappa shape index (κ3) is 3.53. The number of rotatable bonds is 8. The van der Waals surface area contributed by atoms with Gasteiger partial charge >= 0.3 is 5.97 Å². The number of ether oxygens (including phenoxy) is 1. The second kappa shape index (κ2) is 6.90. The maximum absolute atomic E-state index is 12.3. The van der Waals surface area contributed by atoms with Gasteiger partial charge in [-0.2, -0.15) is 0 Å². The summed E-state index contributed by atoms with van der Waals surface area (Å²) in [4.78, 5) is 14.7. The van der Waals surface area contributed by atoms with Crippen LogP contribution in [0.1, 0.15) is 45.4 Å². The molecular formula is C16H30N2O2. The van der Waals surface area contributed by atoms with Crippen molar-refractivity contribution < 1.29 is 9.53 Å². The fourth-order valence-electron chi connectivity index (χ4n) is 3.75. The molecule has 116 valence electrons. The lowest BCUT2D eigenvalue weighted by atomic mass is 9.84. The molecule has 0 saturated heterocycles. The highest BCUT2D eigenvalue weighted by Gasteiger charge is 2.49. The fourth-order valence-corrected chi connectivity index (χ4v) is 3.75. The number of nitrogens with zero attached hydrogens (tertiary/aromatic N) is 1. The summed E-state index contributed by atoms with van der Waals surface area (Å²) in [6.07, 6.45) is 7.07. The monoisotopic (exact) mass is 282 g/mol. The maximum Gasteiger partial charge on any atom is 0.326 e. The molecule has 0 radical (unpaired) electrons. The fraction of sp³-hybridized carbons (Fsp3) is 0.938. The molecule has 0 spiro atoms. The van der Waals surface area contributed by atoms with Gasteiger partial charge in [-0.1, -0.05) is 13.3 Å². The predicted molar refractivity (Wildman–Crippen MR) is 80.6 cm³/mol. The van der Waals surface area contributed by atoms with Crippen LogP contribution in [-0.2, 0) is 9.53 Å². The van der Waals surface area contributed by atoms with Gasteiger partial charge < -0.3 is 15.0 Å². The summed E-state index contributed by atoms with van der Waals surface area (Å²) in [5.74, 6) is 1.28. The average molecular weight is 282 g/mol. The lowest BCUT2D eigenvalue weighted by Gasteiger charge is -2.34. The first-order chi connectivity index (χ1) is 9.62. The van der Waals surface area contributed by atoms with E-state index in [1.54, 1.807) is 0 Å². The molecule has 4 nitrogen and oxygen atoms in total. The first-order valence-corrected chi connectivity index (χ1v) is 8.14. The van der Waals surface area contributed by atoms with E-state index in [-0.39, 0.29) is 5.97 Å². The van der Waals surface area contributed by atoms with Crippen molar-refractivity contribution in [3.8, 4) is 0 Å². The molecule has 2 saturated carbocycles. The number of methoxy groups -OCH3 is 1. The highest BCUT2D eigenvalue weighted by Crippen LogP contribution is 2.39. The maximum atomic E-state index is 12.3. The van der Waals surface area contributed by atoms with Crippen molar-refractivity contribution in [3.05, 3.63) is 0 Å². The van der Waals surface area contributed by atoms with Crippen LogP contribution in [0.4, 0.5) is 0 Å². The zero-order valence-corrected chi connectivity index (χ0v) is 13.3. The van der Waals surface area contributed by atoms with E-state index in [0.717, 1.165) is 44.7 Å². The van der Waals surface area contributed by atoms with Gasteiger partial charge in [-0.15, -0.1) is 0 Å². The van der Waals surface area contributed by atoms with Crippen molar-refractivity contribution in [3.63, 3.8) is 0 Å². The van der Waals surface area contributed by atoms with E-state index in [1.807, 2.05) is 0 Å². The number of esters is 1. The molecule has 2 aliphatic carbocycles. The lowest BCUT2D eigenvalue weighted by molar-refractivity contribution is -0.150. The normalized spacial score (nSPS) is 29.9. The number of nitrogens with one attached hydrogen (secondary N) is 1. The summed E-state index contributed by atoms with van der Waals surface area (Å²) in [5.41, 5.74) is -0.427. The second-order valence-electron chi connectivity index (χ2n) is 6.58. The van der Waals surface area contributed by atoms with Crippen molar-refractivity contribution in [1.82, 2.24) is 10.2 Å². The number of carbonyl (C=O) groups is 1. The van der Waals surface area contributed by atoms with E-state index in [0.29, 0.717) is 5.92 Å². The first-order valence-electron chi connectivity index (χ1n) is 8.14. The van der Waals surface area contributed by atoms with Gasteiger partial charge in [0.05, 0.1) is 7.11 Å². The topological polar surface area (TPSA) is 41.6 Å². The Balaban J connectivity index is 1.91. The summed E-state index contributed by atoms with van der Waals surface area (Å²) in [5, 5.41) is 3.44. The van der Waals surface area contributed by atoms with Gasteiger partial charge in [-0.25, -0.2) is 0 Å². The molecule has 0 aromatic rings. The van der Waals surface area contributed by atoms with Gasteiger partial charge in [0.25, 0.3) is 0 Å². The lowest BCUT2D eigenvalue weighted by Crippen LogP contribution is -2.55. The number of hydrogen-bond acceptors (Lipinski definition) is 4. The zero-order chi connectivity index (χ0) is 14.6. The molecular weight excluding hydrogens is 252 g/mol. The largest absolute Gasteiger partial charge is 0.468 e. The first kappa shape index (κ1) is 15.8. The van der Waals surface area contributed by atoms with Crippen molar-refractivity contribution in [2.75, 3.05) is 33.8 Å². The Hall–Kier alpha value is -0.610. The zero-order valence-electron chi connectivity index (χ0n) is 13.3. The van der Waals surface area contributed by atoms with E-state index in [1.165, 1.54) is 26.5 Å². The van der Waals surface area contributed by atoms with Crippen molar-refractivity contribution >= 4 is 5.97 Å². The Morgan fingerprint density at radius 2 is 2.15 bits per heavy atom. The minimum absolute atomic E-state index is 0.0632. The Morgan fingerprint density at radius 3 is 2.75 bits per heavy atom. The van der Waals surface area contributed by atoms with Crippen LogP contribution in [-0.4, -0.2) is 50.2 Å². The highest BCUT2D eigenvalue weighted by atomic mass is 16.5. The standard InChI is InChI=1S/C16H30N2O2/c1-4-17-16(15(19)20-3)10-5-6-14(16)9-11-18(2)12-13-7-8-13/h13-14,17H,4-12H2,1-3H3. The van der Waals surface area contributed by atoms with Crippen LogP contribution in [0.3, 0.4) is 0 Å². The molecule has 2 rings (SSSR count). The van der Waals surface area contributed by atoms with Gasteiger partial charge in [0.15, 0.2) is 0 Å². The molecule has 2 aliphatic rings. The van der Waals surface area contributed by atoms with Crippen molar-refractivity contribution in [1.29, 1.82) is 0 Å². The Labute approximate surface area is 123 Å². The minimum Gasteiger partial charge on any atom is -0.468 e. The van der Waals surface area contributed by atoms with E-state index in [4.69, 9.17) is 4.74 Å². The average Bonchev–Trinajstić information content (AvgIpc) is 3.15. The summed E-state index contributed by atoms with van der Waals surface area (Å²) < 4.78 is 5.09. The number of hydrogen-bond donors (Lipinski definition) is 1. The van der Waals surface area contributed by atoms with Crippen LogP contribution in [0.25, 0.3) is 0 Å². The molecule has 0 aromatic carbocycles. The summed E-state index contributed by atoms with van der Waals surface area (Å²) in [6.45, 7) is 5.20. The van der Waals surface area contributed by atoms with Crippen molar-refractivity contribution in [2.45, 2.75) is 51.0 Å². The Morgan fingerprint density at radius 1 is 1.40 bits per heavy atom. The van der Waals surface area contributed by atoms with Gasteiger partial charge in [-0.3, -0.25) is 4.79 Å². The molecule has 20 heavy (non-hydrogen) atoms. The quantitative estimate of drug-likeness (QED) is 0.692. The molecule has 2 fully saturated rings. The third-order valence-corrected chi connectivity index (χ3v) is 4.99. The number of likely N-dealkylation sites (N-methyl/N-ethyl adjacent to an activating group) is 1. The molecule has 0 amide bonds. The molecule has 0 heterocycles. The molecule has 0 aromatic heterocycles. The van der Waals surface area contributed by atoms with Gasteiger partial charge in [0, 0.05) is 6.54 Å². The SMILES string of the molecule is CCNC1(C(=O)OC)CCCC1CCN(C)CC1CC1. The van der Waals surface area contributed by atoms with E-state index in [2.05, 4.69) is 24.2 Å². The van der Waals surface area contributed by atoms with Gasteiger partial charge in [0.2, 0.25) is 0 Å². The second-order valence-corrected chi connectivity index (χ2v) is 6.58. The van der Waals surface area contributed by atoms with Gasteiger partial charge in [-0.05, 0) is 64.1 Å². The summed E-state index contributed by atoms with van der Waals surface area (Å²) >= 11 is 0. The Bertz CT molecular complexity index is 330. The summed E-state index contributed by atoms with van der Waals surface area (Å²) in [7, 11) is 3.72. The van der Waals surface area contributed by atoms with Crippen LogP contribution in [0.15, 0.2) is 0 Å². The van der Waals surface area contributed by atoms with Gasteiger partial charge in [0.1, 0.15) is 5.54 Å².